The van der Waals surface area contributed by atoms with Crippen LogP contribution in [0.25, 0.3) is 6.08 Å². The van der Waals surface area contributed by atoms with E-state index in [-0.39, 0.29) is 34.2 Å². The SMILES string of the molecule is CC(=O)Nc1ccc(C(=O)N/N=C/c2cc([N+](=O)[O-])ccc2OC(=O)/C=C/c2cccc([N+](=O)[O-])c2)cc1. The van der Waals surface area contributed by atoms with Gasteiger partial charge in [0.05, 0.1) is 16.1 Å². The Balaban J connectivity index is 1.73. The third kappa shape index (κ3) is 7.64. The molecule has 0 fully saturated rings. The van der Waals surface area contributed by atoms with Crippen molar-refractivity contribution in [3.63, 3.8) is 0 Å². The predicted octanol–water partition coefficient (Wildman–Crippen LogP) is 3.84. The van der Waals surface area contributed by atoms with Crippen molar-refractivity contribution < 1.29 is 29.0 Å². The van der Waals surface area contributed by atoms with E-state index in [1.165, 1.54) is 61.5 Å². The Hall–Kier alpha value is -5.72. The van der Waals surface area contributed by atoms with Crippen LogP contribution < -0.4 is 15.5 Å². The van der Waals surface area contributed by atoms with Crippen LogP contribution in [-0.2, 0) is 9.59 Å². The maximum Gasteiger partial charge on any atom is 0.336 e. The second kappa shape index (κ2) is 12.3. The van der Waals surface area contributed by atoms with Gasteiger partial charge in [-0.25, -0.2) is 10.2 Å². The van der Waals surface area contributed by atoms with Crippen molar-refractivity contribution in [3.05, 3.63) is 110 Å². The summed E-state index contributed by atoms with van der Waals surface area (Å²) >= 11 is 0. The van der Waals surface area contributed by atoms with E-state index in [4.69, 9.17) is 4.74 Å². The first kappa shape index (κ1) is 26.9. The molecule has 13 heteroatoms. The third-order valence-corrected chi connectivity index (χ3v) is 4.74. The van der Waals surface area contributed by atoms with Crippen LogP contribution in [0, 0.1) is 20.2 Å². The summed E-state index contributed by atoms with van der Waals surface area (Å²) in [5.74, 6) is -1.80. The van der Waals surface area contributed by atoms with Gasteiger partial charge in [-0.3, -0.25) is 29.8 Å². The maximum absolute atomic E-state index is 12.3. The van der Waals surface area contributed by atoms with Gasteiger partial charge in [0.1, 0.15) is 5.75 Å². The van der Waals surface area contributed by atoms with Crippen LogP contribution in [0.3, 0.4) is 0 Å². The molecular formula is C25H19N5O8. The number of nitrogens with one attached hydrogen (secondary N) is 2. The zero-order valence-electron chi connectivity index (χ0n) is 19.7. The number of nitro groups is 2. The van der Waals surface area contributed by atoms with Crippen LogP contribution in [0.5, 0.6) is 5.75 Å². The van der Waals surface area contributed by atoms with Crippen molar-refractivity contribution in [3.8, 4) is 5.75 Å². The van der Waals surface area contributed by atoms with Crippen molar-refractivity contribution in [2.24, 2.45) is 5.10 Å². The average molecular weight is 517 g/mol. The van der Waals surface area contributed by atoms with Gasteiger partial charge in [-0.15, -0.1) is 0 Å². The van der Waals surface area contributed by atoms with E-state index >= 15 is 0 Å². The fourth-order valence-corrected chi connectivity index (χ4v) is 3.03. The van der Waals surface area contributed by atoms with Gasteiger partial charge in [-0.05, 0) is 42.0 Å². The molecule has 3 rings (SSSR count). The molecule has 0 heterocycles. The first-order valence-electron chi connectivity index (χ1n) is 10.8. The van der Waals surface area contributed by atoms with Crippen molar-refractivity contribution in [1.82, 2.24) is 5.43 Å². The van der Waals surface area contributed by atoms with Crippen LogP contribution in [-0.4, -0.2) is 33.8 Å². The summed E-state index contributed by atoms with van der Waals surface area (Å²) in [5.41, 5.74) is 2.94. The second-order valence-electron chi connectivity index (χ2n) is 7.54. The van der Waals surface area contributed by atoms with E-state index in [1.54, 1.807) is 6.07 Å². The molecule has 0 radical (unpaired) electrons. The zero-order chi connectivity index (χ0) is 27.7. The Kier molecular flexibility index (Phi) is 8.70. The van der Waals surface area contributed by atoms with Crippen LogP contribution >= 0.6 is 0 Å². The lowest BCUT2D eigenvalue weighted by molar-refractivity contribution is -0.385. The van der Waals surface area contributed by atoms with Gasteiger partial charge in [-0.2, -0.15) is 5.10 Å². The first-order valence-corrected chi connectivity index (χ1v) is 10.8. The Morgan fingerprint density at radius 2 is 1.61 bits per heavy atom. The van der Waals surface area contributed by atoms with Crippen molar-refractivity contribution >= 4 is 47.1 Å². The summed E-state index contributed by atoms with van der Waals surface area (Å²) in [7, 11) is 0. The largest absolute Gasteiger partial charge is 0.423 e. The summed E-state index contributed by atoms with van der Waals surface area (Å²) in [6.07, 6.45) is 3.42. The number of carbonyl (C=O) groups is 3. The number of esters is 1. The summed E-state index contributed by atoms with van der Waals surface area (Å²) < 4.78 is 5.25. The van der Waals surface area contributed by atoms with Crippen molar-refractivity contribution in [2.45, 2.75) is 6.92 Å². The number of benzene rings is 3. The maximum atomic E-state index is 12.3. The van der Waals surface area contributed by atoms with Crippen LogP contribution in [0.4, 0.5) is 17.1 Å². The fourth-order valence-electron chi connectivity index (χ4n) is 3.03. The number of carbonyl (C=O) groups excluding carboxylic acids is 3. The molecule has 0 bridgehead atoms. The van der Waals surface area contributed by atoms with Crippen LogP contribution in [0.1, 0.15) is 28.4 Å². The number of amides is 2. The number of anilines is 1. The molecule has 0 spiro atoms. The lowest BCUT2D eigenvalue weighted by atomic mass is 10.2. The highest BCUT2D eigenvalue weighted by Gasteiger charge is 2.13. The summed E-state index contributed by atoms with van der Waals surface area (Å²) in [6, 6.07) is 15.0. The molecule has 0 atom stereocenters. The Morgan fingerprint density at radius 3 is 2.26 bits per heavy atom. The molecule has 3 aromatic carbocycles. The lowest BCUT2D eigenvalue weighted by Crippen LogP contribution is -2.17. The normalized spacial score (nSPS) is 10.8. The molecule has 0 saturated carbocycles. The number of ether oxygens (including phenoxy) is 1. The summed E-state index contributed by atoms with van der Waals surface area (Å²) in [5, 5.41) is 28.4. The van der Waals surface area contributed by atoms with Gasteiger partial charge in [0.25, 0.3) is 17.3 Å². The monoisotopic (exact) mass is 517 g/mol. The minimum atomic E-state index is -0.858. The molecule has 0 unspecified atom stereocenters. The quantitative estimate of drug-likeness (QED) is 0.107. The standard InChI is InChI=1S/C25H19N5O8/c1-16(31)27-20-8-6-18(7-9-20)25(33)28-26-15-19-14-22(30(36)37)10-11-23(19)38-24(32)12-5-17-3-2-4-21(13-17)29(34)35/h2-15H,1H3,(H,27,31)(H,28,33)/b12-5+,26-15+. The number of rotatable bonds is 9. The first-order chi connectivity index (χ1) is 18.1. The number of hydrogen-bond acceptors (Lipinski definition) is 9. The van der Waals surface area contributed by atoms with E-state index < -0.39 is 21.7 Å². The van der Waals surface area contributed by atoms with E-state index in [0.717, 1.165) is 24.4 Å². The van der Waals surface area contributed by atoms with Crippen LogP contribution in [0.2, 0.25) is 0 Å². The fraction of sp³-hybridized carbons (Fsp3) is 0.0400. The Morgan fingerprint density at radius 1 is 0.921 bits per heavy atom. The van der Waals surface area contributed by atoms with E-state index in [1.807, 2.05) is 0 Å². The zero-order valence-corrected chi connectivity index (χ0v) is 19.7. The van der Waals surface area contributed by atoms with Gasteiger partial charge in [-0.1, -0.05) is 12.1 Å². The Bertz CT molecular complexity index is 1460. The van der Waals surface area contributed by atoms with Gasteiger partial charge in [0.2, 0.25) is 5.91 Å². The molecule has 3 aromatic rings. The number of nitrogens with zero attached hydrogens (tertiary/aromatic N) is 3. The number of hydrogen-bond donors (Lipinski definition) is 2. The number of hydrazone groups is 1. The molecule has 0 aliphatic heterocycles. The Labute approximate surface area is 214 Å². The minimum absolute atomic E-state index is 0.0256. The lowest BCUT2D eigenvalue weighted by Gasteiger charge is -2.06. The molecule has 13 nitrogen and oxygen atoms in total. The smallest absolute Gasteiger partial charge is 0.336 e. The summed E-state index contributed by atoms with van der Waals surface area (Å²) in [6.45, 7) is 1.35. The molecular weight excluding hydrogens is 498 g/mol. The molecule has 0 aliphatic rings. The topological polar surface area (TPSA) is 183 Å². The van der Waals surface area contributed by atoms with Gasteiger partial charge >= 0.3 is 5.97 Å². The van der Waals surface area contributed by atoms with Crippen molar-refractivity contribution in [2.75, 3.05) is 5.32 Å². The van der Waals surface area contributed by atoms with Gasteiger partial charge < -0.3 is 10.1 Å². The third-order valence-electron chi connectivity index (χ3n) is 4.74. The van der Waals surface area contributed by atoms with Crippen molar-refractivity contribution in [1.29, 1.82) is 0 Å². The molecule has 192 valence electrons. The predicted molar refractivity (Wildman–Crippen MR) is 137 cm³/mol. The highest BCUT2D eigenvalue weighted by atomic mass is 16.6. The highest BCUT2D eigenvalue weighted by molar-refractivity contribution is 5.96. The van der Waals surface area contributed by atoms with E-state index in [9.17, 15) is 34.6 Å². The second-order valence-corrected chi connectivity index (χ2v) is 7.54. The average Bonchev–Trinajstić information content (AvgIpc) is 2.88. The molecule has 2 amide bonds. The molecule has 0 aromatic heterocycles. The molecule has 0 saturated heterocycles. The molecule has 38 heavy (non-hydrogen) atoms. The van der Waals surface area contributed by atoms with Crippen LogP contribution in [0.15, 0.2) is 77.9 Å². The molecule has 2 N–H and O–H groups in total. The van der Waals surface area contributed by atoms with Gasteiger partial charge in [0.15, 0.2) is 0 Å². The number of non-ortho nitro benzene ring substituents is 2. The molecule has 0 aliphatic carbocycles. The minimum Gasteiger partial charge on any atom is -0.423 e. The van der Waals surface area contributed by atoms with Gasteiger partial charge in [0, 0.05) is 54.1 Å². The summed E-state index contributed by atoms with van der Waals surface area (Å²) in [4.78, 5) is 56.6. The highest BCUT2D eigenvalue weighted by Crippen LogP contribution is 2.23. The van der Waals surface area contributed by atoms with E-state index in [2.05, 4.69) is 15.8 Å². The van der Waals surface area contributed by atoms with E-state index in [0.29, 0.717) is 11.3 Å². The number of nitro benzene ring substituents is 2.